The highest BCUT2D eigenvalue weighted by molar-refractivity contribution is 6.03. The normalized spacial score (nSPS) is 16.2. The topological polar surface area (TPSA) is 170 Å². The molecule has 92 valence electrons. The van der Waals surface area contributed by atoms with Gasteiger partial charge in [-0.15, -0.1) is 0 Å². The van der Waals surface area contributed by atoms with E-state index in [4.69, 9.17) is 27.4 Å². The number of carbonyl (C=O) groups is 3. The van der Waals surface area contributed by atoms with E-state index in [1.54, 1.807) is 0 Å². The third-order valence-electron chi connectivity index (χ3n) is 2.06. The number of primary amides is 1. The Kier molecular flexibility index (Phi) is 5.57. The fraction of sp³-hybridized carbons (Fsp3) is 0.625. The van der Waals surface area contributed by atoms with E-state index in [1.165, 1.54) is 0 Å². The molecule has 0 saturated heterocycles. The third-order valence-corrected chi connectivity index (χ3v) is 2.06. The molecule has 0 rings (SSSR count). The van der Waals surface area contributed by atoms with E-state index in [0.717, 1.165) is 0 Å². The monoisotopic (exact) mass is 233 g/mol. The van der Waals surface area contributed by atoms with E-state index in [9.17, 15) is 14.4 Å². The lowest BCUT2D eigenvalue weighted by molar-refractivity contribution is -0.140. The standard InChI is InChI=1S/C8H15N3O5/c9-4(8(15)16)1-3(7(11)14)6(13)5(10)2-12/h3-5,12H,1-2,9-10H2,(H2,11,14)(H,15,16)/t3?,4-,5-/m0/s1. The van der Waals surface area contributed by atoms with Gasteiger partial charge < -0.3 is 27.4 Å². The van der Waals surface area contributed by atoms with Crippen molar-refractivity contribution in [1.82, 2.24) is 0 Å². The van der Waals surface area contributed by atoms with Gasteiger partial charge in [0.2, 0.25) is 5.91 Å². The zero-order valence-electron chi connectivity index (χ0n) is 8.50. The second kappa shape index (κ2) is 6.16. The maximum absolute atomic E-state index is 11.4. The molecule has 0 aliphatic heterocycles. The molecule has 0 aromatic rings. The van der Waals surface area contributed by atoms with E-state index in [-0.39, 0.29) is 0 Å². The first kappa shape index (κ1) is 14.5. The van der Waals surface area contributed by atoms with Crippen molar-refractivity contribution in [3.8, 4) is 0 Å². The molecule has 1 unspecified atom stereocenters. The molecule has 0 aliphatic carbocycles. The summed E-state index contributed by atoms with van der Waals surface area (Å²) in [6.07, 6.45) is -0.433. The summed E-state index contributed by atoms with van der Waals surface area (Å²) < 4.78 is 0. The van der Waals surface area contributed by atoms with Crippen LogP contribution in [0.15, 0.2) is 0 Å². The van der Waals surface area contributed by atoms with Gasteiger partial charge in [-0.2, -0.15) is 0 Å². The molecule has 8 nitrogen and oxygen atoms in total. The minimum atomic E-state index is -1.40. The summed E-state index contributed by atoms with van der Waals surface area (Å²) >= 11 is 0. The number of carbonyl (C=O) groups excluding carboxylic acids is 2. The van der Waals surface area contributed by atoms with Gasteiger partial charge in [-0.25, -0.2) is 0 Å². The molecule has 0 spiro atoms. The Hall–Kier alpha value is -1.51. The van der Waals surface area contributed by atoms with Crippen LogP contribution in [0.5, 0.6) is 0 Å². The zero-order valence-corrected chi connectivity index (χ0v) is 8.50. The Morgan fingerprint density at radius 2 is 1.62 bits per heavy atom. The average molecular weight is 233 g/mol. The second-order valence-electron chi connectivity index (χ2n) is 3.33. The molecule has 8 heteroatoms. The molecule has 0 aromatic heterocycles. The van der Waals surface area contributed by atoms with Crippen molar-refractivity contribution >= 4 is 17.7 Å². The summed E-state index contributed by atoms with van der Waals surface area (Å²) in [4.78, 5) is 32.8. The number of carboxylic acids is 1. The minimum Gasteiger partial charge on any atom is -0.480 e. The summed E-state index contributed by atoms with van der Waals surface area (Å²) in [5.41, 5.74) is 15.3. The van der Waals surface area contributed by atoms with Crippen LogP contribution in [0.3, 0.4) is 0 Å². The Balaban J connectivity index is 4.69. The number of hydrogen-bond acceptors (Lipinski definition) is 6. The van der Waals surface area contributed by atoms with Crippen molar-refractivity contribution in [1.29, 1.82) is 0 Å². The number of rotatable bonds is 7. The van der Waals surface area contributed by atoms with Crippen LogP contribution >= 0.6 is 0 Å². The van der Waals surface area contributed by atoms with Crippen LogP contribution in [0, 0.1) is 5.92 Å². The van der Waals surface area contributed by atoms with Crippen LogP contribution in [0.25, 0.3) is 0 Å². The molecule has 16 heavy (non-hydrogen) atoms. The molecule has 0 saturated carbocycles. The van der Waals surface area contributed by atoms with Crippen molar-refractivity contribution in [2.24, 2.45) is 23.1 Å². The van der Waals surface area contributed by atoms with Crippen molar-refractivity contribution in [3.63, 3.8) is 0 Å². The van der Waals surface area contributed by atoms with E-state index in [1.807, 2.05) is 0 Å². The van der Waals surface area contributed by atoms with Gasteiger partial charge in [0.25, 0.3) is 0 Å². The third kappa shape index (κ3) is 3.93. The summed E-state index contributed by atoms with van der Waals surface area (Å²) in [7, 11) is 0. The van der Waals surface area contributed by atoms with Crippen molar-refractivity contribution in [2.45, 2.75) is 18.5 Å². The number of ketones is 1. The molecule has 0 aromatic carbocycles. The number of hydrogen-bond donors (Lipinski definition) is 5. The number of carboxylic acid groups (broad SMARTS) is 1. The summed E-state index contributed by atoms with van der Waals surface area (Å²) in [6, 6.07) is -2.65. The van der Waals surface area contributed by atoms with Gasteiger partial charge >= 0.3 is 5.97 Å². The quantitative estimate of drug-likeness (QED) is 0.288. The Morgan fingerprint density at radius 1 is 1.12 bits per heavy atom. The molecule has 0 radical (unpaired) electrons. The van der Waals surface area contributed by atoms with E-state index < -0.39 is 48.7 Å². The first-order valence-electron chi connectivity index (χ1n) is 4.49. The largest absolute Gasteiger partial charge is 0.480 e. The Morgan fingerprint density at radius 3 is 1.94 bits per heavy atom. The first-order valence-corrected chi connectivity index (χ1v) is 4.49. The van der Waals surface area contributed by atoms with Crippen LogP contribution in [0.2, 0.25) is 0 Å². The lowest BCUT2D eigenvalue weighted by Crippen LogP contribution is -2.46. The van der Waals surface area contributed by atoms with Gasteiger partial charge in [-0.3, -0.25) is 14.4 Å². The smallest absolute Gasteiger partial charge is 0.320 e. The lowest BCUT2D eigenvalue weighted by Gasteiger charge is -2.17. The summed E-state index contributed by atoms with van der Waals surface area (Å²) in [5, 5.41) is 17.2. The molecular weight excluding hydrogens is 218 g/mol. The number of nitrogens with two attached hydrogens (primary N) is 3. The molecule has 8 N–H and O–H groups in total. The minimum absolute atomic E-state index is 0.433. The van der Waals surface area contributed by atoms with E-state index in [0.29, 0.717) is 0 Å². The first-order chi connectivity index (χ1) is 7.31. The number of Topliss-reactive ketones (excluding diaryl/α,β-unsaturated/α-hetero) is 1. The lowest BCUT2D eigenvalue weighted by atomic mass is 9.91. The zero-order chi connectivity index (χ0) is 12.9. The molecule has 0 aliphatic rings. The van der Waals surface area contributed by atoms with Crippen LogP contribution in [-0.2, 0) is 14.4 Å². The highest BCUT2D eigenvalue weighted by Gasteiger charge is 2.32. The molecular formula is C8H15N3O5. The molecule has 0 bridgehead atoms. The maximum Gasteiger partial charge on any atom is 0.320 e. The number of aliphatic hydroxyl groups excluding tert-OH is 1. The van der Waals surface area contributed by atoms with Crippen molar-refractivity contribution < 1.29 is 24.6 Å². The van der Waals surface area contributed by atoms with Gasteiger partial charge in [0, 0.05) is 0 Å². The number of amides is 1. The summed E-state index contributed by atoms with van der Waals surface area (Å²) in [6.45, 7) is -0.648. The van der Waals surface area contributed by atoms with Crippen LogP contribution < -0.4 is 17.2 Å². The van der Waals surface area contributed by atoms with Crippen LogP contribution in [-0.4, -0.2) is 46.6 Å². The predicted molar refractivity (Wildman–Crippen MR) is 53.0 cm³/mol. The Bertz CT molecular complexity index is 293. The highest BCUT2D eigenvalue weighted by atomic mass is 16.4. The van der Waals surface area contributed by atoms with Gasteiger partial charge in [-0.1, -0.05) is 0 Å². The van der Waals surface area contributed by atoms with Gasteiger partial charge in [0.05, 0.1) is 12.6 Å². The fourth-order valence-electron chi connectivity index (χ4n) is 1.08. The van der Waals surface area contributed by atoms with Crippen molar-refractivity contribution in [3.05, 3.63) is 0 Å². The highest BCUT2D eigenvalue weighted by Crippen LogP contribution is 2.09. The van der Waals surface area contributed by atoms with Crippen LogP contribution in [0.1, 0.15) is 6.42 Å². The van der Waals surface area contributed by atoms with E-state index in [2.05, 4.69) is 0 Å². The second-order valence-corrected chi connectivity index (χ2v) is 3.33. The van der Waals surface area contributed by atoms with Crippen molar-refractivity contribution in [2.75, 3.05) is 6.61 Å². The average Bonchev–Trinajstić information content (AvgIpc) is 2.22. The number of aliphatic hydroxyl groups is 1. The SMILES string of the molecule is NC(=O)C(C[C@H](N)C(=O)O)C(=O)[C@@H](N)CO. The molecule has 0 fully saturated rings. The van der Waals surface area contributed by atoms with Crippen LogP contribution in [0.4, 0.5) is 0 Å². The molecule has 0 heterocycles. The predicted octanol–water partition coefficient (Wildman–Crippen LogP) is -3.22. The Labute approximate surface area is 91.4 Å². The molecule has 1 amide bonds. The number of aliphatic carboxylic acids is 1. The molecule has 3 atom stereocenters. The van der Waals surface area contributed by atoms with E-state index >= 15 is 0 Å². The maximum atomic E-state index is 11.4. The fourth-order valence-corrected chi connectivity index (χ4v) is 1.08. The van der Waals surface area contributed by atoms with Gasteiger partial charge in [0.15, 0.2) is 5.78 Å². The summed E-state index contributed by atoms with van der Waals surface area (Å²) in [5.74, 6) is -4.57. The van der Waals surface area contributed by atoms with Gasteiger partial charge in [-0.05, 0) is 6.42 Å². The van der Waals surface area contributed by atoms with Gasteiger partial charge in [0.1, 0.15) is 12.0 Å².